The van der Waals surface area contributed by atoms with E-state index in [0.29, 0.717) is 36.6 Å². The average molecular weight is 543 g/mol. The Bertz CT molecular complexity index is 1620. The molecular formula is C30H31FN6O3. The Morgan fingerprint density at radius 2 is 1.95 bits per heavy atom. The first-order valence-corrected chi connectivity index (χ1v) is 13.7. The summed E-state index contributed by atoms with van der Waals surface area (Å²) in [6.07, 6.45) is 5.80. The average Bonchev–Trinajstić information content (AvgIpc) is 3.74. The molecule has 1 atom stereocenters. The first-order chi connectivity index (χ1) is 19.6. The number of rotatable bonds is 10. The van der Waals surface area contributed by atoms with E-state index in [-0.39, 0.29) is 17.4 Å². The highest BCUT2D eigenvalue weighted by Gasteiger charge is 2.34. The molecule has 206 valence electrons. The van der Waals surface area contributed by atoms with Crippen molar-refractivity contribution in [2.24, 2.45) is 0 Å². The minimum atomic E-state index is -0.616. The molecule has 0 saturated heterocycles. The SMILES string of the molecule is CCOc1ccc2[nH]c(=O)c([C@H](c3nnnn3C3CCCC3)N(Cc3ccc(F)cc3)Cc3ccco3)cc2c1. The van der Waals surface area contributed by atoms with Crippen LogP contribution in [0, 0.1) is 5.82 Å². The van der Waals surface area contributed by atoms with Gasteiger partial charge < -0.3 is 14.1 Å². The molecule has 0 unspecified atom stereocenters. The summed E-state index contributed by atoms with van der Waals surface area (Å²) in [5, 5.41) is 13.8. The number of halogens is 1. The zero-order valence-corrected chi connectivity index (χ0v) is 22.3. The fourth-order valence-electron chi connectivity index (χ4n) is 5.62. The summed E-state index contributed by atoms with van der Waals surface area (Å²) in [6.45, 7) is 3.25. The van der Waals surface area contributed by atoms with Crippen molar-refractivity contribution in [3.8, 4) is 5.75 Å². The number of hydrogen-bond acceptors (Lipinski definition) is 7. The number of nitrogens with one attached hydrogen (secondary N) is 1. The van der Waals surface area contributed by atoms with Crippen LogP contribution in [0.15, 0.2) is 76.1 Å². The molecule has 3 aromatic heterocycles. The first kappa shape index (κ1) is 25.9. The van der Waals surface area contributed by atoms with Crippen molar-refractivity contribution in [3.63, 3.8) is 0 Å². The van der Waals surface area contributed by atoms with Crippen molar-refractivity contribution in [2.75, 3.05) is 6.61 Å². The van der Waals surface area contributed by atoms with Gasteiger partial charge in [-0.2, -0.15) is 0 Å². The summed E-state index contributed by atoms with van der Waals surface area (Å²) in [7, 11) is 0. The summed E-state index contributed by atoms with van der Waals surface area (Å²) < 4.78 is 27.1. The van der Waals surface area contributed by atoms with E-state index in [0.717, 1.165) is 48.1 Å². The van der Waals surface area contributed by atoms with E-state index < -0.39 is 6.04 Å². The molecule has 1 N–H and O–H groups in total. The number of benzene rings is 2. The number of aromatic nitrogens is 5. The first-order valence-electron chi connectivity index (χ1n) is 13.7. The van der Waals surface area contributed by atoms with Gasteiger partial charge >= 0.3 is 0 Å². The molecule has 3 heterocycles. The molecule has 10 heteroatoms. The van der Waals surface area contributed by atoms with E-state index in [1.165, 1.54) is 12.1 Å². The van der Waals surface area contributed by atoms with E-state index in [1.54, 1.807) is 18.4 Å². The molecule has 6 rings (SSSR count). The second kappa shape index (κ2) is 11.4. The van der Waals surface area contributed by atoms with Crippen molar-refractivity contribution >= 4 is 10.9 Å². The molecule has 40 heavy (non-hydrogen) atoms. The number of aromatic amines is 1. The molecule has 0 radical (unpaired) electrons. The van der Waals surface area contributed by atoms with Crippen LogP contribution < -0.4 is 10.3 Å². The topological polar surface area (TPSA) is 102 Å². The smallest absolute Gasteiger partial charge is 0.253 e. The number of fused-ring (bicyclic) bond motifs is 1. The third kappa shape index (κ3) is 5.40. The van der Waals surface area contributed by atoms with Crippen molar-refractivity contribution in [1.82, 2.24) is 30.1 Å². The van der Waals surface area contributed by atoms with E-state index in [4.69, 9.17) is 9.15 Å². The molecule has 5 aromatic rings. The Labute approximate surface area is 230 Å². The minimum Gasteiger partial charge on any atom is -0.494 e. The molecule has 1 aliphatic carbocycles. The standard InChI is InChI=1S/C30H31FN6O3/c1-2-39-24-13-14-27-21(16-24)17-26(30(38)32-27)28(29-33-34-35-37(29)23-6-3-4-7-23)36(19-25-8-5-15-40-25)18-20-9-11-22(31)12-10-20/h5,8-17,23,28H,2-4,6-7,18-19H2,1H3,(H,32,38)/t28-/m1/s1. The Kier molecular flexibility index (Phi) is 7.41. The zero-order valence-electron chi connectivity index (χ0n) is 22.3. The van der Waals surface area contributed by atoms with Crippen molar-refractivity contribution in [2.45, 2.75) is 57.8 Å². The van der Waals surface area contributed by atoms with Gasteiger partial charge in [-0.15, -0.1) is 5.10 Å². The highest BCUT2D eigenvalue weighted by Crippen LogP contribution is 2.35. The minimum absolute atomic E-state index is 0.160. The molecular weight excluding hydrogens is 511 g/mol. The maximum atomic E-state index is 13.8. The predicted molar refractivity (Wildman–Crippen MR) is 147 cm³/mol. The summed E-state index contributed by atoms with van der Waals surface area (Å²) in [5.74, 6) is 1.73. The van der Waals surface area contributed by atoms with E-state index in [1.807, 2.05) is 48.0 Å². The van der Waals surface area contributed by atoms with Crippen LogP contribution in [0.1, 0.15) is 67.4 Å². The summed E-state index contributed by atoms with van der Waals surface area (Å²) >= 11 is 0. The maximum absolute atomic E-state index is 13.8. The third-order valence-electron chi connectivity index (χ3n) is 7.49. The van der Waals surface area contributed by atoms with Gasteiger partial charge in [-0.25, -0.2) is 9.07 Å². The van der Waals surface area contributed by atoms with Crippen LogP contribution in [0.2, 0.25) is 0 Å². The normalized spacial score (nSPS) is 14.8. The van der Waals surface area contributed by atoms with E-state index in [2.05, 4.69) is 25.4 Å². The molecule has 2 aromatic carbocycles. The second-order valence-corrected chi connectivity index (χ2v) is 10.2. The van der Waals surface area contributed by atoms with Gasteiger partial charge in [0.1, 0.15) is 23.4 Å². The second-order valence-electron chi connectivity index (χ2n) is 10.2. The Morgan fingerprint density at radius 1 is 1.12 bits per heavy atom. The number of H-pyrrole nitrogens is 1. The highest BCUT2D eigenvalue weighted by molar-refractivity contribution is 5.80. The molecule has 0 bridgehead atoms. The molecule has 0 spiro atoms. The lowest BCUT2D eigenvalue weighted by Gasteiger charge is -2.31. The number of nitrogens with zero attached hydrogens (tertiary/aromatic N) is 5. The summed E-state index contributed by atoms with van der Waals surface area (Å²) in [4.78, 5) is 18.9. The van der Waals surface area contributed by atoms with Crippen LogP contribution >= 0.6 is 0 Å². The van der Waals surface area contributed by atoms with Gasteiger partial charge in [0.25, 0.3) is 5.56 Å². The van der Waals surface area contributed by atoms with Crippen LogP contribution in [-0.4, -0.2) is 36.7 Å². The molecule has 9 nitrogen and oxygen atoms in total. The predicted octanol–water partition coefficient (Wildman–Crippen LogP) is 5.55. The number of pyridine rings is 1. The number of hydrogen-bond donors (Lipinski definition) is 1. The van der Waals surface area contributed by atoms with Crippen molar-refractivity contribution in [3.05, 3.63) is 106 Å². The van der Waals surface area contributed by atoms with Crippen LogP contribution in [0.5, 0.6) is 5.75 Å². The zero-order chi connectivity index (χ0) is 27.5. The van der Waals surface area contributed by atoms with Gasteiger partial charge in [0, 0.05) is 23.0 Å². The number of ether oxygens (including phenoxy) is 1. The van der Waals surface area contributed by atoms with Crippen LogP contribution in [0.3, 0.4) is 0 Å². The quantitative estimate of drug-likeness (QED) is 0.247. The lowest BCUT2D eigenvalue weighted by Crippen LogP contribution is -2.35. The van der Waals surface area contributed by atoms with Crippen molar-refractivity contribution in [1.29, 1.82) is 0 Å². The largest absolute Gasteiger partial charge is 0.494 e. The lowest BCUT2D eigenvalue weighted by molar-refractivity contribution is 0.176. The fourth-order valence-corrected chi connectivity index (χ4v) is 5.62. The van der Waals surface area contributed by atoms with E-state index >= 15 is 0 Å². The maximum Gasteiger partial charge on any atom is 0.253 e. The van der Waals surface area contributed by atoms with Crippen LogP contribution in [0.25, 0.3) is 10.9 Å². The number of tetrazole rings is 1. The Balaban J connectivity index is 1.52. The van der Waals surface area contributed by atoms with Gasteiger partial charge in [-0.1, -0.05) is 25.0 Å². The number of furan rings is 1. The monoisotopic (exact) mass is 542 g/mol. The van der Waals surface area contributed by atoms with Gasteiger partial charge in [-0.05, 0) is 84.3 Å². The summed E-state index contributed by atoms with van der Waals surface area (Å²) in [6, 6.07) is 17.2. The third-order valence-corrected chi connectivity index (χ3v) is 7.49. The van der Waals surface area contributed by atoms with Crippen LogP contribution in [-0.2, 0) is 13.1 Å². The molecule has 1 fully saturated rings. The van der Waals surface area contributed by atoms with Gasteiger partial charge in [0.15, 0.2) is 5.82 Å². The van der Waals surface area contributed by atoms with Gasteiger partial charge in [0.05, 0.1) is 25.5 Å². The summed E-state index contributed by atoms with van der Waals surface area (Å²) in [5.41, 5.74) is 1.87. The fraction of sp³-hybridized carbons (Fsp3) is 0.333. The lowest BCUT2D eigenvalue weighted by atomic mass is 10.0. The Hall–Kier alpha value is -4.31. The molecule has 0 amide bonds. The van der Waals surface area contributed by atoms with E-state index in [9.17, 15) is 9.18 Å². The molecule has 1 aliphatic rings. The Morgan fingerprint density at radius 3 is 2.70 bits per heavy atom. The van der Waals surface area contributed by atoms with Crippen molar-refractivity contribution < 1.29 is 13.5 Å². The molecule has 1 saturated carbocycles. The van der Waals surface area contributed by atoms with Gasteiger partial charge in [0.2, 0.25) is 0 Å². The molecule has 0 aliphatic heterocycles. The van der Waals surface area contributed by atoms with Gasteiger partial charge in [-0.3, -0.25) is 9.69 Å². The highest BCUT2D eigenvalue weighted by atomic mass is 19.1. The van der Waals surface area contributed by atoms with Crippen LogP contribution in [0.4, 0.5) is 4.39 Å².